The van der Waals surface area contributed by atoms with Gasteiger partial charge in [-0.3, -0.25) is 4.79 Å². The van der Waals surface area contributed by atoms with Gasteiger partial charge in [0.1, 0.15) is 0 Å². The first-order valence-corrected chi connectivity index (χ1v) is 10.1. The van der Waals surface area contributed by atoms with E-state index in [1.807, 2.05) is 52.0 Å². The second kappa shape index (κ2) is 8.99. The molecule has 30 heavy (non-hydrogen) atoms. The van der Waals surface area contributed by atoms with E-state index in [0.717, 1.165) is 22.6 Å². The lowest BCUT2D eigenvalue weighted by Crippen LogP contribution is -2.31. The van der Waals surface area contributed by atoms with Crippen molar-refractivity contribution in [2.75, 3.05) is 6.61 Å². The van der Waals surface area contributed by atoms with Crippen LogP contribution in [0.3, 0.4) is 0 Å². The van der Waals surface area contributed by atoms with Crippen molar-refractivity contribution in [3.63, 3.8) is 0 Å². The highest BCUT2D eigenvalue weighted by Gasteiger charge is 2.14. The van der Waals surface area contributed by atoms with Gasteiger partial charge in [0.2, 0.25) is 0 Å². The molecule has 0 saturated heterocycles. The molecule has 0 bridgehead atoms. The minimum atomic E-state index is -0.517. The van der Waals surface area contributed by atoms with Gasteiger partial charge in [-0.25, -0.2) is 4.79 Å². The first-order valence-electron chi connectivity index (χ1n) is 10.1. The Hall–Kier alpha value is -3.34. The number of amides is 1. The van der Waals surface area contributed by atoms with Crippen LogP contribution >= 0.6 is 0 Å². The van der Waals surface area contributed by atoms with Gasteiger partial charge in [-0.15, -0.1) is 0 Å². The lowest BCUT2D eigenvalue weighted by atomic mass is 10.0. The lowest BCUT2D eigenvalue weighted by Gasteiger charge is -2.16. The fourth-order valence-electron chi connectivity index (χ4n) is 3.44. The maximum Gasteiger partial charge on any atom is 0.338 e. The number of ether oxygens (including phenoxy) is 1. The van der Waals surface area contributed by atoms with Gasteiger partial charge in [-0.2, -0.15) is 0 Å². The molecule has 0 aliphatic carbocycles. The van der Waals surface area contributed by atoms with Gasteiger partial charge in [-0.05, 0) is 87.7 Å². The maximum atomic E-state index is 12.3. The molecule has 1 amide bonds. The minimum absolute atomic E-state index is 0.164. The number of aromatic nitrogens is 1. The minimum Gasteiger partial charge on any atom is -0.452 e. The number of aryl methyl sites for hydroxylation is 4. The van der Waals surface area contributed by atoms with Crippen molar-refractivity contribution in [2.45, 2.75) is 40.7 Å². The van der Waals surface area contributed by atoms with E-state index >= 15 is 0 Å². The molecule has 5 nitrogen and oxygen atoms in total. The van der Waals surface area contributed by atoms with E-state index < -0.39 is 5.97 Å². The normalized spacial score (nSPS) is 11.8. The fourth-order valence-corrected chi connectivity index (χ4v) is 3.44. The largest absolute Gasteiger partial charge is 0.452 e. The molecule has 1 atom stereocenters. The Morgan fingerprint density at radius 2 is 1.53 bits per heavy atom. The van der Waals surface area contributed by atoms with Crippen LogP contribution < -0.4 is 5.32 Å². The number of nitrogens with zero attached hydrogens (tertiary/aromatic N) is 1. The highest BCUT2D eigenvalue weighted by atomic mass is 16.5. The summed E-state index contributed by atoms with van der Waals surface area (Å²) >= 11 is 0. The van der Waals surface area contributed by atoms with E-state index in [2.05, 4.69) is 35.0 Å². The highest BCUT2D eigenvalue weighted by molar-refractivity contribution is 5.91. The first-order chi connectivity index (χ1) is 14.3. The zero-order valence-electron chi connectivity index (χ0n) is 18.2. The van der Waals surface area contributed by atoms with Crippen LogP contribution in [0, 0.1) is 27.7 Å². The van der Waals surface area contributed by atoms with Crippen LogP contribution in [0.15, 0.2) is 54.6 Å². The predicted molar refractivity (Wildman–Crippen MR) is 118 cm³/mol. The average Bonchev–Trinajstić information content (AvgIpc) is 3.06. The van der Waals surface area contributed by atoms with Gasteiger partial charge < -0.3 is 14.6 Å². The number of carbonyl (C=O) groups is 2. The molecule has 0 unspecified atom stereocenters. The topological polar surface area (TPSA) is 60.3 Å². The SMILES string of the molecule is Cc1ccc([C@H](C)NC(=O)COC(=O)c2ccc(-n3c(C)ccc3C)cc2)cc1C. The molecule has 1 heterocycles. The number of nitrogens with one attached hydrogen (secondary N) is 1. The van der Waals surface area contributed by atoms with Gasteiger partial charge in [0.15, 0.2) is 6.61 Å². The molecular formula is C25H28N2O3. The van der Waals surface area contributed by atoms with Crippen molar-refractivity contribution in [3.05, 3.63) is 88.2 Å². The van der Waals surface area contributed by atoms with Crippen LogP contribution in [-0.4, -0.2) is 23.1 Å². The summed E-state index contributed by atoms with van der Waals surface area (Å²) in [4.78, 5) is 24.5. The molecule has 0 aliphatic heterocycles. The van der Waals surface area contributed by atoms with Crippen molar-refractivity contribution in [1.29, 1.82) is 0 Å². The summed E-state index contributed by atoms with van der Waals surface area (Å²) in [5.74, 6) is -0.847. The zero-order chi connectivity index (χ0) is 21.8. The summed E-state index contributed by atoms with van der Waals surface area (Å²) < 4.78 is 7.30. The van der Waals surface area contributed by atoms with Crippen molar-refractivity contribution < 1.29 is 14.3 Å². The molecule has 3 rings (SSSR count). The quantitative estimate of drug-likeness (QED) is 0.604. The summed E-state index contributed by atoms with van der Waals surface area (Å²) in [5, 5.41) is 2.87. The second-order valence-corrected chi connectivity index (χ2v) is 7.71. The highest BCUT2D eigenvalue weighted by Crippen LogP contribution is 2.18. The molecule has 3 aromatic rings. The molecule has 0 saturated carbocycles. The van der Waals surface area contributed by atoms with Crippen molar-refractivity contribution in [2.24, 2.45) is 0 Å². The number of hydrogen-bond acceptors (Lipinski definition) is 3. The van der Waals surface area contributed by atoms with Crippen LogP contribution in [0.4, 0.5) is 0 Å². The van der Waals surface area contributed by atoms with Crippen LogP contribution in [0.25, 0.3) is 5.69 Å². The van der Waals surface area contributed by atoms with Crippen LogP contribution in [0.5, 0.6) is 0 Å². The monoisotopic (exact) mass is 404 g/mol. The Kier molecular flexibility index (Phi) is 6.40. The van der Waals surface area contributed by atoms with Gasteiger partial charge in [-0.1, -0.05) is 18.2 Å². The van der Waals surface area contributed by atoms with E-state index in [9.17, 15) is 9.59 Å². The van der Waals surface area contributed by atoms with Crippen molar-refractivity contribution >= 4 is 11.9 Å². The maximum absolute atomic E-state index is 12.3. The van der Waals surface area contributed by atoms with E-state index in [1.54, 1.807) is 12.1 Å². The van der Waals surface area contributed by atoms with E-state index in [0.29, 0.717) is 5.56 Å². The van der Waals surface area contributed by atoms with Gasteiger partial charge in [0.25, 0.3) is 5.91 Å². The number of hydrogen-bond donors (Lipinski definition) is 1. The molecule has 2 aromatic carbocycles. The van der Waals surface area contributed by atoms with E-state index in [1.165, 1.54) is 11.1 Å². The summed E-state index contributed by atoms with van der Waals surface area (Å²) in [7, 11) is 0. The molecule has 156 valence electrons. The summed E-state index contributed by atoms with van der Waals surface area (Å²) in [5.41, 5.74) is 7.04. The molecule has 1 N–H and O–H groups in total. The second-order valence-electron chi connectivity index (χ2n) is 7.71. The predicted octanol–water partition coefficient (Wildman–Crippen LogP) is 4.75. The fraction of sp³-hybridized carbons (Fsp3) is 0.280. The Bertz CT molecular complexity index is 1040. The summed E-state index contributed by atoms with van der Waals surface area (Å²) in [6.45, 7) is 9.76. The molecule has 1 aromatic heterocycles. The van der Waals surface area contributed by atoms with Gasteiger partial charge >= 0.3 is 5.97 Å². The third-order valence-electron chi connectivity index (χ3n) is 5.38. The Labute approximate surface area is 177 Å². The third kappa shape index (κ3) is 4.79. The number of rotatable bonds is 6. The van der Waals surface area contributed by atoms with Crippen LogP contribution in [0.2, 0.25) is 0 Å². The Balaban J connectivity index is 1.56. The van der Waals surface area contributed by atoms with Gasteiger partial charge in [0, 0.05) is 17.1 Å². The van der Waals surface area contributed by atoms with Crippen molar-refractivity contribution in [1.82, 2.24) is 9.88 Å². The molecule has 0 aliphatic rings. The van der Waals surface area contributed by atoms with Gasteiger partial charge in [0.05, 0.1) is 11.6 Å². The van der Waals surface area contributed by atoms with Crippen molar-refractivity contribution in [3.8, 4) is 5.69 Å². The standard InChI is InChI=1S/C25H28N2O3/c1-16-6-9-22(14-17(16)2)20(5)26-24(28)15-30-25(29)21-10-12-23(13-11-21)27-18(3)7-8-19(27)4/h6-14,20H,15H2,1-5H3,(H,26,28)/t20-/m0/s1. The number of carbonyl (C=O) groups excluding carboxylic acids is 2. The molecule has 0 radical (unpaired) electrons. The van der Waals surface area contributed by atoms with E-state index in [-0.39, 0.29) is 18.6 Å². The lowest BCUT2D eigenvalue weighted by molar-refractivity contribution is -0.124. The third-order valence-corrected chi connectivity index (χ3v) is 5.38. The number of esters is 1. The summed E-state index contributed by atoms with van der Waals surface area (Å²) in [6, 6.07) is 17.2. The number of benzene rings is 2. The average molecular weight is 405 g/mol. The zero-order valence-corrected chi connectivity index (χ0v) is 18.2. The molecule has 5 heteroatoms. The molecule has 0 spiro atoms. The van der Waals surface area contributed by atoms with Crippen LogP contribution in [-0.2, 0) is 9.53 Å². The molecular weight excluding hydrogens is 376 g/mol. The molecule has 0 fully saturated rings. The Morgan fingerprint density at radius 3 is 2.13 bits per heavy atom. The smallest absolute Gasteiger partial charge is 0.338 e. The van der Waals surface area contributed by atoms with E-state index in [4.69, 9.17) is 4.74 Å². The first kappa shape index (κ1) is 21.4. The Morgan fingerprint density at radius 1 is 0.900 bits per heavy atom. The van der Waals surface area contributed by atoms with Crippen LogP contribution in [0.1, 0.15) is 51.4 Å². The summed E-state index contributed by atoms with van der Waals surface area (Å²) in [6.07, 6.45) is 0.